The summed E-state index contributed by atoms with van der Waals surface area (Å²) in [6.45, 7) is 12.0. The zero-order valence-electron chi connectivity index (χ0n) is 16.9. The summed E-state index contributed by atoms with van der Waals surface area (Å²) in [5, 5.41) is 7.97. The van der Waals surface area contributed by atoms with Crippen molar-refractivity contribution >= 4 is 5.91 Å². The molecule has 0 bridgehead atoms. The van der Waals surface area contributed by atoms with E-state index in [0.717, 1.165) is 50.5 Å². The van der Waals surface area contributed by atoms with Crippen LogP contribution in [0.5, 0.6) is 0 Å². The Morgan fingerprint density at radius 1 is 1.26 bits per heavy atom. The molecule has 1 aliphatic heterocycles. The maximum absolute atomic E-state index is 12.9. The van der Waals surface area contributed by atoms with Crippen LogP contribution in [0.3, 0.4) is 0 Å². The number of nitrogens with zero attached hydrogens (tertiary/aromatic N) is 4. The van der Waals surface area contributed by atoms with Crippen LogP contribution in [0.15, 0.2) is 24.3 Å². The summed E-state index contributed by atoms with van der Waals surface area (Å²) in [5.41, 5.74) is 2.20. The van der Waals surface area contributed by atoms with Crippen LogP contribution in [0.2, 0.25) is 0 Å². The van der Waals surface area contributed by atoms with Crippen molar-refractivity contribution < 1.29 is 4.79 Å². The Morgan fingerprint density at radius 2 is 1.96 bits per heavy atom. The van der Waals surface area contributed by atoms with Crippen molar-refractivity contribution in [1.82, 2.24) is 25.0 Å². The van der Waals surface area contributed by atoms with Crippen molar-refractivity contribution in [3.05, 3.63) is 41.5 Å². The fourth-order valence-electron chi connectivity index (χ4n) is 3.71. The van der Waals surface area contributed by atoms with Crippen LogP contribution in [-0.4, -0.2) is 51.8 Å². The van der Waals surface area contributed by atoms with Crippen molar-refractivity contribution in [1.29, 1.82) is 0 Å². The molecule has 0 saturated carbocycles. The highest BCUT2D eigenvalue weighted by molar-refractivity contribution is 5.90. The molecular weight excluding hydrogens is 338 g/mol. The number of para-hydroxylation sites is 1. The quantitative estimate of drug-likeness (QED) is 0.850. The van der Waals surface area contributed by atoms with Gasteiger partial charge in [-0.15, -0.1) is 5.10 Å². The normalized spacial score (nSPS) is 15.5. The molecule has 2 heterocycles. The van der Waals surface area contributed by atoms with E-state index in [-0.39, 0.29) is 5.91 Å². The van der Waals surface area contributed by atoms with Crippen LogP contribution in [0.4, 0.5) is 0 Å². The summed E-state index contributed by atoms with van der Waals surface area (Å²) in [5.74, 6) is 2.02. The number of benzene rings is 1. The van der Waals surface area contributed by atoms with Gasteiger partial charge in [-0.1, -0.05) is 39.0 Å². The number of nitrogens with one attached hydrogen (secondary N) is 1. The van der Waals surface area contributed by atoms with Crippen LogP contribution in [0.25, 0.3) is 5.69 Å². The number of hydrogen-bond donors (Lipinski definition) is 1. The number of likely N-dealkylation sites (tertiary alicyclic amines) is 1. The number of hydrogen-bond acceptors (Lipinski definition) is 4. The lowest BCUT2D eigenvalue weighted by Gasteiger charge is -2.31. The molecule has 6 nitrogen and oxygen atoms in total. The van der Waals surface area contributed by atoms with Gasteiger partial charge in [0.25, 0.3) is 5.91 Å². The summed E-state index contributed by atoms with van der Waals surface area (Å²) < 4.78 is 1.81. The minimum absolute atomic E-state index is 0.0548. The SMILES string of the molecule is CCNCC1CCN(C(=O)c2nc(C)n(-c3ccccc3C(C)C)n2)CC1. The van der Waals surface area contributed by atoms with Crippen molar-refractivity contribution in [3.8, 4) is 5.69 Å². The molecule has 3 rings (SSSR count). The van der Waals surface area contributed by atoms with Gasteiger partial charge in [0.15, 0.2) is 0 Å². The van der Waals surface area contributed by atoms with Crippen LogP contribution in [-0.2, 0) is 0 Å². The number of rotatable bonds is 6. The van der Waals surface area contributed by atoms with Gasteiger partial charge >= 0.3 is 0 Å². The second-order valence-electron chi connectivity index (χ2n) is 7.65. The van der Waals surface area contributed by atoms with E-state index in [1.165, 1.54) is 5.56 Å². The molecule has 1 aromatic heterocycles. The lowest BCUT2D eigenvalue weighted by Crippen LogP contribution is -2.41. The Balaban J connectivity index is 1.75. The Morgan fingerprint density at radius 3 is 2.63 bits per heavy atom. The lowest BCUT2D eigenvalue weighted by atomic mass is 9.97. The molecule has 2 aromatic rings. The molecule has 0 unspecified atom stereocenters. The number of aryl methyl sites for hydroxylation is 1. The maximum atomic E-state index is 12.9. The fraction of sp³-hybridized carbons (Fsp3) is 0.571. The second-order valence-corrected chi connectivity index (χ2v) is 7.65. The summed E-state index contributed by atoms with van der Waals surface area (Å²) in [4.78, 5) is 19.3. The van der Waals surface area contributed by atoms with Crippen molar-refractivity contribution in [3.63, 3.8) is 0 Å². The first kappa shape index (κ1) is 19.5. The van der Waals surface area contributed by atoms with Crippen LogP contribution in [0, 0.1) is 12.8 Å². The third-order valence-corrected chi connectivity index (χ3v) is 5.33. The van der Waals surface area contributed by atoms with E-state index >= 15 is 0 Å². The smallest absolute Gasteiger partial charge is 0.293 e. The van der Waals surface area contributed by atoms with Crippen molar-refractivity contribution in [2.24, 2.45) is 5.92 Å². The van der Waals surface area contributed by atoms with Gasteiger partial charge in [-0.25, -0.2) is 9.67 Å². The number of carbonyl (C=O) groups is 1. The minimum atomic E-state index is -0.0548. The Hall–Kier alpha value is -2.21. The zero-order chi connectivity index (χ0) is 19.4. The first-order valence-electron chi connectivity index (χ1n) is 10.0. The molecule has 0 spiro atoms. The van der Waals surface area contributed by atoms with Crippen molar-refractivity contribution in [2.75, 3.05) is 26.2 Å². The molecule has 1 aliphatic rings. The maximum Gasteiger partial charge on any atom is 0.293 e. The van der Waals surface area contributed by atoms with Gasteiger partial charge in [-0.2, -0.15) is 0 Å². The molecule has 1 fully saturated rings. The number of piperidine rings is 1. The molecule has 146 valence electrons. The summed E-state index contributed by atoms with van der Waals surface area (Å²) in [7, 11) is 0. The van der Waals surface area contributed by atoms with Crippen LogP contribution >= 0.6 is 0 Å². The number of carbonyl (C=O) groups excluding carboxylic acids is 1. The van der Waals surface area contributed by atoms with E-state index in [1.54, 1.807) is 4.68 Å². The molecule has 1 saturated heterocycles. The topological polar surface area (TPSA) is 63.1 Å². The highest BCUT2D eigenvalue weighted by Gasteiger charge is 2.26. The van der Waals surface area contributed by atoms with Gasteiger partial charge in [-0.3, -0.25) is 4.79 Å². The average Bonchev–Trinajstić information content (AvgIpc) is 3.07. The first-order valence-corrected chi connectivity index (χ1v) is 10.0. The van der Waals surface area contributed by atoms with Gasteiger partial charge in [0.05, 0.1) is 5.69 Å². The second kappa shape index (κ2) is 8.65. The molecule has 1 aromatic carbocycles. The van der Waals surface area contributed by atoms with Gasteiger partial charge in [0.1, 0.15) is 5.82 Å². The predicted octanol–water partition coefficient (Wildman–Crippen LogP) is 3.16. The van der Waals surface area contributed by atoms with Gasteiger partial charge < -0.3 is 10.2 Å². The van der Waals surface area contributed by atoms with E-state index in [1.807, 2.05) is 30.0 Å². The fourth-order valence-corrected chi connectivity index (χ4v) is 3.71. The highest BCUT2D eigenvalue weighted by atomic mass is 16.2. The molecule has 0 atom stereocenters. The van der Waals surface area contributed by atoms with Crippen LogP contribution < -0.4 is 5.32 Å². The largest absolute Gasteiger partial charge is 0.336 e. The predicted molar refractivity (Wildman–Crippen MR) is 107 cm³/mol. The minimum Gasteiger partial charge on any atom is -0.336 e. The summed E-state index contributed by atoms with van der Waals surface area (Å²) >= 11 is 0. The highest BCUT2D eigenvalue weighted by Crippen LogP contribution is 2.24. The Labute approximate surface area is 162 Å². The Kier molecular flexibility index (Phi) is 6.26. The van der Waals surface area contributed by atoms with E-state index < -0.39 is 0 Å². The molecule has 27 heavy (non-hydrogen) atoms. The molecule has 1 N–H and O–H groups in total. The molecule has 1 amide bonds. The third kappa shape index (κ3) is 4.38. The lowest BCUT2D eigenvalue weighted by molar-refractivity contribution is 0.0678. The third-order valence-electron chi connectivity index (χ3n) is 5.33. The van der Waals surface area contributed by atoms with Crippen LogP contribution in [0.1, 0.15) is 61.5 Å². The first-order chi connectivity index (χ1) is 13.0. The van der Waals surface area contributed by atoms with Gasteiger partial charge in [0.2, 0.25) is 5.82 Å². The van der Waals surface area contributed by atoms with E-state index in [9.17, 15) is 4.79 Å². The van der Waals surface area contributed by atoms with E-state index in [0.29, 0.717) is 17.7 Å². The zero-order valence-corrected chi connectivity index (χ0v) is 16.9. The number of amides is 1. The van der Waals surface area contributed by atoms with Gasteiger partial charge in [0, 0.05) is 13.1 Å². The monoisotopic (exact) mass is 369 g/mol. The van der Waals surface area contributed by atoms with E-state index in [4.69, 9.17) is 0 Å². The number of aromatic nitrogens is 3. The summed E-state index contributed by atoms with van der Waals surface area (Å²) in [6.07, 6.45) is 2.07. The molecule has 0 aliphatic carbocycles. The molecular formula is C21H31N5O. The van der Waals surface area contributed by atoms with Gasteiger partial charge in [-0.05, 0) is 56.3 Å². The molecule has 6 heteroatoms. The molecule has 0 radical (unpaired) electrons. The van der Waals surface area contributed by atoms with E-state index in [2.05, 4.69) is 42.2 Å². The standard InChI is InChI=1S/C21H31N5O/c1-5-22-14-17-10-12-25(13-11-17)21(27)20-23-16(4)26(24-20)19-9-7-6-8-18(19)15(2)3/h6-9,15,17,22H,5,10-14H2,1-4H3. The summed E-state index contributed by atoms with van der Waals surface area (Å²) in [6, 6.07) is 8.18. The Bertz CT molecular complexity index is 775. The average molecular weight is 370 g/mol. The van der Waals surface area contributed by atoms with Crippen molar-refractivity contribution in [2.45, 2.75) is 46.5 Å².